The van der Waals surface area contributed by atoms with Crippen LogP contribution in [-0.4, -0.2) is 17.0 Å². The Balaban J connectivity index is 1.98. The molecule has 0 spiro atoms. The zero-order chi connectivity index (χ0) is 15.1. The molecule has 0 unspecified atom stereocenters. The van der Waals surface area contributed by atoms with E-state index in [2.05, 4.69) is 0 Å². The van der Waals surface area contributed by atoms with Gasteiger partial charge in [-0.2, -0.15) is 0 Å². The van der Waals surface area contributed by atoms with Crippen molar-refractivity contribution in [1.82, 2.24) is 4.90 Å². The number of guanidine groups is 1. The number of hydrogen-bond donors (Lipinski definition) is 2. The van der Waals surface area contributed by atoms with Crippen molar-refractivity contribution >= 4 is 12.1 Å². The summed E-state index contributed by atoms with van der Waals surface area (Å²) in [6.45, 7) is 0.363. The quantitative estimate of drug-likeness (QED) is 0.669. The SMILES string of the molecule is N=C(N)N(Cc1ccccc1)C(=O)OCc1ccccc1. The molecule has 0 aliphatic heterocycles. The van der Waals surface area contributed by atoms with Crippen LogP contribution in [-0.2, 0) is 17.9 Å². The molecule has 5 nitrogen and oxygen atoms in total. The molecule has 1 amide bonds. The van der Waals surface area contributed by atoms with Gasteiger partial charge in [-0.05, 0) is 11.1 Å². The number of rotatable bonds is 4. The van der Waals surface area contributed by atoms with Crippen molar-refractivity contribution < 1.29 is 9.53 Å². The maximum atomic E-state index is 12.0. The molecule has 2 aromatic carbocycles. The molecule has 3 N–H and O–H groups in total. The van der Waals surface area contributed by atoms with Gasteiger partial charge in [-0.1, -0.05) is 60.7 Å². The molecular weight excluding hydrogens is 266 g/mol. The molecule has 108 valence electrons. The molecule has 0 aliphatic rings. The number of nitrogens with two attached hydrogens (primary N) is 1. The van der Waals surface area contributed by atoms with Gasteiger partial charge >= 0.3 is 6.09 Å². The lowest BCUT2D eigenvalue weighted by molar-refractivity contribution is 0.114. The summed E-state index contributed by atoms with van der Waals surface area (Å²) in [6.07, 6.45) is -0.629. The normalized spacial score (nSPS) is 9.90. The van der Waals surface area contributed by atoms with E-state index in [9.17, 15) is 4.79 Å². The Hall–Kier alpha value is -2.82. The van der Waals surface area contributed by atoms with Crippen LogP contribution in [0.15, 0.2) is 60.7 Å². The molecule has 0 saturated heterocycles. The fourth-order valence-electron chi connectivity index (χ4n) is 1.81. The second kappa shape index (κ2) is 7.09. The molecule has 2 aromatic rings. The minimum Gasteiger partial charge on any atom is -0.444 e. The Bertz CT molecular complexity index is 599. The predicted molar refractivity (Wildman–Crippen MR) is 80.5 cm³/mol. The zero-order valence-corrected chi connectivity index (χ0v) is 11.5. The number of nitrogens with one attached hydrogen (secondary N) is 1. The third-order valence-corrected chi connectivity index (χ3v) is 2.90. The number of carbonyl (C=O) groups is 1. The van der Waals surface area contributed by atoms with Gasteiger partial charge in [0.1, 0.15) is 6.61 Å². The van der Waals surface area contributed by atoms with Gasteiger partial charge in [0, 0.05) is 0 Å². The summed E-state index contributed by atoms with van der Waals surface area (Å²) in [6, 6.07) is 18.7. The van der Waals surface area contributed by atoms with E-state index in [1.165, 1.54) is 0 Å². The highest BCUT2D eigenvalue weighted by atomic mass is 16.6. The third-order valence-electron chi connectivity index (χ3n) is 2.90. The van der Waals surface area contributed by atoms with E-state index >= 15 is 0 Å². The molecule has 21 heavy (non-hydrogen) atoms. The van der Waals surface area contributed by atoms with Crippen LogP contribution in [0.4, 0.5) is 4.79 Å². The largest absolute Gasteiger partial charge is 0.444 e. The van der Waals surface area contributed by atoms with Crippen LogP contribution < -0.4 is 5.73 Å². The van der Waals surface area contributed by atoms with Gasteiger partial charge in [0.05, 0.1) is 6.54 Å². The van der Waals surface area contributed by atoms with E-state index < -0.39 is 6.09 Å². The Morgan fingerprint density at radius 2 is 1.52 bits per heavy atom. The molecule has 0 bridgehead atoms. The molecular formula is C16H17N3O2. The molecule has 0 atom stereocenters. The highest BCUT2D eigenvalue weighted by molar-refractivity contribution is 5.91. The number of ether oxygens (including phenoxy) is 1. The Morgan fingerprint density at radius 1 is 1.00 bits per heavy atom. The van der Waals surface area contributed by atoms with Crippen LogP contribution in [0.2, 0.25) is 0 Å². The molecule has 0 saturated carbocycles. The number of carbonyl (C=O) groups excluding carboxylic acids is 1. The smallest absolute Gasteiger partial charge is 0.417 e. The van der Waals surface area contributed by atoms with E-state index in [1.807, 2.05) is 60.7 Å². The Morgan fingerprint density at radius 3 is 2.05 bits per heavy atom. The van der Waals surface area contributed by atoms with Gasteiger partial charge in [0.15, 0.2) is 5.96 Å². The minimum absolute atomic E-state index is 0.151. The predicted octanol–water partition coefficient (Wildman–Crippen LogP) is 2.72. The first-order valence-corrected chi connectivity index (χ1v) is 6.53. The van der Waals surface area contributed by atoms with Crippen molar-refractivity contribution in [2.24, 2.45) is 5.73 Å². The first-order valence-electron chi connectivity index (χ1n) is 6.53. The average Bonchev–Trinajstić information content (AvgIpc) is 2.52. The third kappa shape index (κ3) is 4.35. The topological polar surface area (TPSA) is 79.4 Å². The van der Waals surface area contributed by atoms with Crippen LogP contribution in [0, 0.1) is 5.41 Å². The number of benzene rings is 2. The summed E-state index contributed by atoms with van der Waals surface area (Å²) in [4.78, 5) is 13.1. The van der Waals surface area contributed by atoms with E-state index in [0.717, 1.165) is 16.0 Å². The van der Waals surface area contributed by atoms with Gasteiger partial charge in [0.2, 0.25) is 0 Å². The van der Waals surface area contributed by atoms with E-state index in [0.29, 0.717) is 0 Å². The van der Waals surface area contributed by atoms with Crippen molar-refractivity contribution in [1.29, 1.82) is 5.41 Å². The van der Waals surface area contributed by atoms with Gasteiger partial charge in [-0.15, -0.1) is 0 Å². The zero-order valence-electron chi connectivity index (χ0n) is 11.5. The summed E-state index contributed by atoms with van der Waals surface area (Å²) in [7, 11) is 0. The van der Waals surface area contributed by atoms with Gasteiger partial charge in [-0.3, -0.25) is 5.41 Å². The van der Waals surface area contributed by atoms with E-state index in [-0.39, 0.29) is 19.1 Å². The first kappa shape index (κ1) is 14.6. The van der Waals surface area contributed by atoms with Gasteiger partial charge in [-0.25, -0.2) is 9.69 Å². The van der Waals surface area contributed by atoms with Crippen LogP contribution in [0.5, 0.6) is 0 Å². The van der Waals surface area contributed by atoms with E-state index in [4.69, 9.17) is 15.9 Å². The summed E-state index contributed by atoms with van der Waals surface area (Å²) in [5.74, 6) is -0.336. The molecule has 0 fully saturated rings. The van der Waals surface area contributed by atoms with Crippen molar-refractivity contribution in [3.63, 3.8) is 0 Å². The van der Waals surface area contributed by atoms with Crippen molar-refractivity contribution in [2.75, 3.05) is 0 Å². The Kier molecular flexibility index (Phi) is 4.93. The fraction of sp³-hybridized carbons (Fsp3) is 0.125. The standard InChI is InChI=1S/C16H17N3O2/c17-15(18)19(11-13-7-3-1-4-8-13)16(20)21-12-14-9-5-2-6-10-14/h1-10H,11-12H2,(H3,17,18). The second-order valence-corrected chi connectivity index (χ2v) is 4.50. The summed E-state index contributed by atoms with van der Waals surface area (Å²) >= 11 is 0. The number of amides is 1. The molecule has 0 aromatic heterocycles. The molecule has 0 heterocycles. The van der Waals surface area contributed by atoms with Crippen molar-refractivity contribution in [2.45, 2.75) is 13.2 Å². The van der Waals surface area contributed by atoms with Crippen LogP contribution in [0.1, 0.15) is 11.1 Å². The van der Waals surface area contributed by atoms with Gasteiger partial charge < -0.3 is 10.5 Å². The Labute approximate surface area is 123 Å². The monoisotopic (exact) mass is 283 g/mol. The lowest BCUT2D eigenvalue weighted by atomic mass is 10.2. The number of hydrogen-bond acceptors (Lipinski definition) is 3. The average molecular weight is 283 g/mol. The highest BCUT2D eigenvalue weighted by Crippen LogP contribution is 2.08. The number of nitrogens with zero attached hydrogens (tertiary/aromatic N) is 1. The van der Waals surface area contributed by atoms with Crippen LogP contribution in [0.3, 0.4) is 0 Å². The van der Waals surface area contributed by atoms with Crippen LogP contribution >= 0.6 is 0 Å². The first-order chi connectivity index (χ1) is 10.2. The van der Waals surface area contributed by atoms with Gasteiger partial charge in [0.25, 0.3) is 0 Å². The summed E-state index contributed by atoms with van der Waals surface area (Å²) < 4.78 is 5.19. The summed E-state index contributed by atoms with van der Waals surface area (Å²) in [5, 5.41) is 7.52. The molecule has 5 heteroatoms. The highest BCUT2D eigenvalue weighted by Gasteiger charge is 2.18. The van der Waals surface area contributed by atoms with E-state index in [1.54, 1.807) is 0 Å². The maximum absolute atomic E-state index is 12.0. The molecule has 2 rings (SSSR count). The summed E-state index contributed by atoms with van der Waals surface area (Å²) in [5.41, 5.74) is 7.23. The lowest BCUT2D eigenvalue weighted by Crippen LogP contribution is -2.41. The minimum atomic E-state index is -0.629. The van der Waals surface area contributed by atoms with Crippen molar-refractivity contribution in [3.05, 3.63) is 71.8 Å². The fourth-order valence-corrected chi connectivity index (χ4v) is 1.81. The lowest BCUT2D eigenvalue weighted by Gasteiger charge is -2.20. The van der Waals surface area contributed by atoms with Crippen LogP contribution in [0.25, 0.3) is 0 Å². The molecule has 0 radical (unpaired) electrons. The second-order valence-electron chi connectivity index (χ2n) is 4.50. The maximum Gasteiger partial charge on any atom is 0.417 e. The van der Waals surface area contributed by atoms with Crippen molar-refractivity contribution in [3.8, 4) is 0 Å². The molecule has 0 aliphatic carbocycles.